The quantitative estimate of drug-likeness (QED) is 0.791. The first kappa shape index (κ1) is 12.3. The van der Waals surface area contributed by atoms with Crippen LogP contribution in [0, 0.1) is 12.8 Å². The van der Waals surface area contributed by atoms with Crippen LogP contribution >= 0.6 is 11.6 Å². The molecule has 1 atom stereocenters. The number of rotatable bonds is 5. The average molecular weight is 254 g/mol. The average Bonchev–Trinajstić information content (AvgIpc) is 2.49. The lowest BCUT2D eigenvalue weighted by Crippen LogP contribution is -2.22. The van der Waals surface area contributed by atoms with Crippen molar-refractivity contribution in [2.75, 3.05) is 16.4 Å². The number of nitrogens with zero attached hydrogens (tertiary/aromatic N) is 2. The minimum absolute atomic E-state index is 0.0715. The molecular formula is C7H12ClN3O3S. The maximum atomic E-state index is 11.5. The third kappa shape index (κ3) is 4.05. The molecule has 15 heavy (non-hydrogen) atoms. The highest BCUT2D eigenvalue weighted by atomic mass is 35.5. The van der Waals surface area contributed by atoms with Crippen LogP contribution in [-0.2, 0) is 10.0 Å². The molecule has 6 nitrogen and oxygen atoms in total. The first-order valence-corrected chi connectivity index (χ1v) is 6.48. The molecule has 86 valence electrons. The summed E-state index contributed by atoms with van der Waals surface area (Å²) in [6.45, 7) is 3.34. The van der Waals surface area contributed by atoms with Gasteiger partial charge in [0.1, 0.15) is 0 Å². The van der Waals surface area contributed by atoms with E-state index in [1.165, 1.54) is 0 Å². The van der Waals surface area contributed by atoms with Crippen molar-refractivity contribution in [1.82, 2.24) is 10.1 Å². The van der Waals surface area contributed by atoms with Crippen molar-refractivity contribution in [3.05, 3.63) is 5.82 Å². The number of alkyl halides is 1. The summed E-state index contributed by atoms with van der Waals surface area (Å²) in [6.07, 6.45) is 0. The molecule has 0 radical (unpaired) electrons. The zero-order valence-electron chi connectivity index (χ0n) is 8.40. The lowest BCUT2D eigenvalue weighted by atomic mass is 10.3. The standard InChI is InChI=1S/C7H12ClN3O3S/c1-5(3-8)4-15(12,13)11-7-9-6(2)10-14-7/h5H,3-4H2,1-2H3,(H,9,10,11). The molecule has 0 saturated carbocycles. The highest BCUT2D eigenvalue weighted by Gasteiger charge is 2.17. The second kappa shape index (κ2) is 4.80. The number of sulfonamides is 1. The predicted octanol–water partition coefficient (Wildman–Crippen LogP) is 0.995. The molecule has 0 bridgehead atoms. The summed E-state index contributed by atoms with van der Waals surface area (Å²) in [6, 6.07) is -0.116. The third-order valence-corrected chi connectivity index (χ3v) is 3.56. The van der Waals surface area contributed by atoms with E-state index in [2.05, 4.69) is 19.4 Å². The largest absolute Gasteiger partial charge is 0.335 e. The number of aryl methyl sites for hydroxylation is 1. The number of halogens is 1. The Morgan fingerprint density at radius 3 is 2.73 bits per heavy atom. The van der Waals surface area contributed by atoms with Crippen molar-refractivity contribution in [2.45, 2.75) is 13.8 Å². The maximum Gasteiger partial charge on any atom is 0.335 e. The SMILES string of the molecule is Cc1noc(NS(=O)(=O)CC(C)CCl)n1. The highest BCUT2D eigenvalue weighted by Crippen LogP contribution is 2.09. The Kier molecular flexibility index (Phi) is 3.92. The van der Waals surface area contributed by atoms with Crippen molar-refractivity contribution >= 4 is 27.6 Å². The molecule has 0 aliphatic rings. The molecule has 1 heterocycles. The van der Waals surface area contributed by atoms with Crippen LogP contribution < -0.4 is 4.72 Å². The van der Waals surface area contributed by atoms with Crippen LogP contribution in [0.2, 0.25) is 0 Å². The molecule has 0 aliphatic heterocycles. The fourth-order valence-corrected chi connectivity index (χ4v) is 2.47. The Labute approximate surface area is 93.1 Å². The summed E-state index contributed by atoms with van der Waals surface area (Å²) in [5.74, 6) is 0.452. The van der Waals surface area contributed by atoms with Crippen molar-refractivity contribution < 1.29 is 12.9 Å². The number of hydrogen-bond donors (Lipinski definition) is 1. The van der Waals surface area contributed by atoms with Gasteiger partial charge in [0.05, 0.1) is 5.75 Å². The molecule has 1 rings (SSSR count). The van der Waals surface area contributed by atoms with Crippen LogP contribution in [0.1, 0.15) is 12.7 Å². The van der Waals surface area contributed by atoms with E-state index < -0.39 is 10.0 Å². The van der Waals surface area contributed by atoms with Crippen molar-refractivity contribution in [3.63, 3.8) is 0 Å². The normalized spacial score (nSPS) is 13.8. The number of anilines is 1. The van der Waals surface area contributed by atoms with E-state index >= 15 is 0 Å². The van der Waals surface area contributed by atoms with Gasteiger partial charge in [0.2, 0.25) is 10.0 Å². The number of hydrogen-bond acceptors (Lipinski definition) is 5. The predicted molar refractivity (Wildman–Crippen MR) is 56.3 cm³/mol. The second-order valence-electron chi connectivity index (χ2n) is 3.29. The smallest absolute Gasteiger partial charge is 0.314 e. The van der Waals surface area contributed by atoms with Gasteiger partial charge in [-0.15, -0.1) is 11.6 Å². The fraction of sp³-hybridized carbons (Fsp3) is 0.714. The molecule has 0 saturated heterocycles. The van der Waals surface area contributed by atoms with E-state index in [1.54, 1.807) is 13.8 Å². The van der Waals surface area contributed by atoms with E-state index in [9.17, 15) is 8.42 Å². The number of nitrogens with one attached hydrogen (secondary N) is 1. The van der Waals surface area contributed by atoms with Crippen molar-refractivity contribution in [2.24, 2.45) is 5.92 Å². The summed E-state index contributed by atoms with van der Waals surface area (Å²) in [5, 5.41) is 3.46. The molecule has 0 spiro atoms. The van der Waals surface area contributed by atoms with E-state index in [-0.39, 0.29) is 23.6 Å². The number of aromatic nitrogens is 2. The Morgan fingerprint density at radius 1 is 1.60 bits per heavy atom. The Bertz CT molecular complexity index is 417. The van der Waals surface area contributed by atoms with Crippen LogP contribution in [0.5, 0.6) is 0 Å². The summed E-state index contributed by atoms with van der Waals surface area (Å²) >= 11 is 5.52. The van der Waals surface area contributed by atoms with Gasteiger partial charge in [-0.2, -0.15) is 4.98 Å². The van der Waals surface area contributed by atoms with Gasteiger partial charge in [-0.25, -0.2) is 13.1 Å². The third-order valence-electron chi connectivity index (χ3n) is 1.54. The molecule has 0 aliphatic carbocycles. The molecular weight excluding hydrogens is 242 g/mol. The molecule has 8 heteroatoms. The molecule has 1 N–H and O–H groups in total. The maximum absolute atomic E-state index is 11.5. The highest BCUT2D eigenvalue weighted by molar-refractivity contribution is 7.92. The van der Waals surface area contributed by atoms with Gasteiger partial charge in [-0.05, 0) is 12.8 Å². The zero-order valence-corrected chi connectivity index (χ0v) is 9.97. The molecule has 1 aromatic heterocycles. The van der Waals surface area contributed by atoms with Crippen LogP contribution in [0.3, 0.4) is 0 Å². The van der Waals surface area contributed by atoms with Gasteiger partial charge in [0.15, 0.2) is 5.82 Å². The Morgan fingerprint density at radius 2 is 2.27 bits per heavy atom. The van der Waals surface area contributed by atoms with E-state index in [0.29, 0.717) is 5.82 Å². The van der Waals surface area contributed by atoms with E-state index in [0.717, 1.165) is 0 Å². The lowest BCUT2D eigenvalue weighted by molar-refractivity contribution is 0.429. The zero-order chi connectivity index (χ0) is 11.5. The van der Waals surface area contributed by atoms with Crippen LogP contribution in [0.15, 0.2) is 4.52 Å². The summed E-state index contributed by atoms with van der Waals surface area (Å²) < 4.78 is 29.8. The van der Waals surface area contributed by atoms with Crippen molar-refractivity contribution in [3.8, 4) is 0 Å². The second-order valence-corrected chi connectivity index (χ2v) is 5.37. The van der Waals surface area contributed by atoms with Gasteiger partial charge < -0.3 is 4.52 Å². The van der Waals surface area contributed by atoms with E-state index in [1.807, 2.05) is 0 Å². The van der Waals surface area contributed by atoms with E-state index in [4.69, 9.17) is 11.6 Å². The van der Waals surface area contributed by atoms with Gasteiger partial charge in [0, 0.05) is 5.88 Å². The molecule has 1 unspecified atom stereocenters. The van der Waals surface area contributed by atoms with Crippen LogP contribution in [-0.4, -0.2) is 30.2 Å². The molecule has 0 aromatic carbocycles. The first-order valence-electron chi connectivity index (χ1n) is 4.29. The van der Waals surface area contributed by atoms with Gasteiger partial charge >= 0.3 is 6.01 Å². The monoisotopic (exact) mass is 253 g/mol. The van der Waals surface area contributed by atoms with Crippen molar-refractivity contribution in [1.29, 1.82) is 0 Å². The molecule has 0 amide bonds. The van der Waals surface area contributed by atoms with Crippen LogP contribution in [0.25, 0.3) is 0 Å². The van der Waals surface area contributed by atoms with Gasteiger partial charge in [0.25, 0.3) is 0 Å². The Hall–Kier alpha value is -0.820. The molecule has 1 aromatic rings. The lowest BCUT2D eigenvalue weighted by Gasteiger charge is -2.07. The first-order chi connectivity index (χ1) is 6.93. The molecule has 0 fully saturated rings. The fourth-order valence-electron chi connectivity index (χ4n) is 0.932. The summed E-state index contributed by atoms with van der Waals surface area (Å²) in [5.41, 5.74) is 0. The Balaban J connectivity index is 2.64. The minimum Gasteiger partial charge on any atom is -0.314 e. The minimum atomic E-state index is -3.46. The van der Waals surface area contributed by atoms with Gasteiger partial charge in [-0.1, -0.05) is 12.1 Å². The summed E-state index contributed by atoms with van der Waals surface area (Å²) in [4.78, 5) is 3.73. The topological polar surface area (TPSA) is 85.1 Å². The van der Waals surface area contributed by atoms with Crippen LogP contribution in [0.4, 0.5) is 6.01 Å². The van der Waals surface area contributed by atoms with Gasteiger partial charge in [-0.3, -0.25) is 0 Å². The summed E-state index contributed by atoms with van der Waals surface area (Å²) in [7, 11) is -3.46.